The molecule has 0 aliphatic carbocycles. The second kappa shape index (κ2) is 9.73. The van der Waals surface area contributed by atoms with E-state index < -0.39 is 40.1 Å². The van der Waals surface area contributed by atoms with Gasteiger partial charge in [0.25, 0.3) is 0 Å². The highest BCUT2D eigenvalue weighted by Gasteiger charge is 2.27. The Labute approximate surface area is 173 Å². The molecule has 2 N–H and O–H groups in total. The highest BCUT2D eigenvalue weighted by atomic mass is 16.6. The van der Waals surface area contributed by atoms with E-state index in [1.54, 1.807) is 45.0 Å². The molecule has 0 aromatic heterocycles. The Bertz CT molecular complexity index is 907. The Balaban J connectivity index is 2.17. The van der Waals surface area contributed by atoms with Crippen LogP contribution in [0.1, 0.15) is 31.9 Å². The van der Waals surface area contributed by atoms with Gasteiger partial charge < -0.3 is 19.9 Å². The topological polar surface area (TPSA) is 128 Å². The molecule has 0 unspecified atom stereocenters. The highest BCUT2D eigenvalue weighted by molar-refractivity contribution is 5.81. The van der Waals surface area contributed by atoms with E-state index >= 15 is 0 Å². The second-order valence-corrected chi connectivity index (χ2v) is 7.58. The second-order valence-electron chi connectivity index (χ2n) is 7.58. The van der Waals surface area contributed by atoms with E-state index in [4.69, 9.17) is 9.47 Å². The van der Waals surface area contributed by atoms with Gasteiger partial charge in [-0.3, -0.25) is 10.1 Å². The molecular formula is C21H24N2O7. The average Bonchev–Trinajstić information content (AvgIpc) is 2.66. The van der Waals surface area contributed by atoms with Gasteiger partial charge in [-0.15, -0.1) is 0 Å². The van der Waals surface area contributed by atoms with Gasteiger partial charge in [-0.1, -0.05) is 36.4 Å². The minimum absolute atomic E-state index is 0.00188. The van der Waals surface area contributed by atoms with Crippen LogP contribution in [0, 0.1) is 10.1 Å². The Hall–Kier alpha value is -3.62. The molecule has 0 fully saturated rings. The number of nitrogens with one attached hydrogen (secondary N) is 1. The molecule has 0 aliphatic heterocycles. The number of benzene rings is 2. The molecule has 1 atom stereocenters. The molecule has 30 heavy (non-hydrogen) atoms. The predicted octanol–water partition coefficient (Wildman–Crippen LogP) is 3.48. The first-order valence-electron chi connectivity index (χ1n) is 9.21. The molecule has 0 saturated heterocycles. The number of hydrogen-bond acceptors (Lipinski definition) is 7. The van der Waals surface area contributed by atoms with Crippen molar-refractivity contribution in [3.05, 3.63) is 69.8 Å². The third kappa shape index (κ3) is 7.08. The summed E-state index contributed by atoms with van der Waals surface area (Å²) in [6.07, 6.45) is -0.911. The third-order valence-corrected chi connectivity index (χ3v) is 3.88. The van der Waals surface area contributed by atoms with Gasteiger partial charge in [0.05, 0.1) is 4.92 Å². The van der Waals surface area contributed by atoms with Crippen molar-refractivity contribution < 1.29 is 29.1 Å². The summed E-state index contributed by atoms with van der Waals surface area (Å²) in [5, 5.41) is 23.1. The van der Waals surface area contributed by atoms with Crippen molar-refractivity contribution in [2.75, 3.05) is 0 Å². The number of phenolic OH excluding ortho intramolecular Hbond substituents is 1. The van der Waals surface area contributed by atoms with E-state index in [2.05, 4.69) is 5.32 Å². The van der Waals surface area contributed by atoms with Crippen LogP contribution in [0.4, 0.5) is 10.5 Å². The van der Waals surface area contributed by atoms with E-state index in [0.717, 1.165) is 17.7 Å². The first-order chi connectivity index (χ1) is 14.0. The number of nitro groups is 1. The lowest BCUT2D eigenvalue weighted by atomic mass is 10.0. The van der Waals surface area contributed by atoms with Gasteiger partial charge in [0.15, 0.2) is 5.75 Å². The minimum atomic E-state index is -1.15. The van der Waals surface area contributed by atoms with Crippen molar-refractivity contribution in [3.63, 3.8) is 0 Å². The van der Waals surface area contributed by atoms with Crippen molar-refractivity contribution in [1.82, 2.24) is 5.32 Å². The van der Waals surface area contributed by atoms with Crippen LogP contribution in [-0.2, 0) is 27.3 Å². The first-order valence-corrected chi connectivity index (χ1v) is 9.21. The Morgan fingerprint density at radius 1 is 1.13 bits per heavy atom. The van der Waals surface area contributed by atoms with E-state index in [0.29, 0.717) is 5.56 Å². The number of esters is 1. The Morgan fingerprint density at radius 3 is 2.40 bits per heavy atom. The van der Waals surface area contributed by atoms with E-state index in [1.807, 2.05) is 6.07 Å². The standard InChI is InChI=1S/C21H24N2O7/c1-21(2,3)30-20(26)22-16(19(25)29-13-14-7-5-4-6-8-14)11-15-9-10-18(24)17(12-15)23(27)28/h4-10,12,16,24H,11,13H2,1-3H3,(H,22,26)/t16-/m0/s1. The SMILES string of the molecule is CC(C)(C)OC(=O)N[C@@H](Cc1ccc(O)c([N+](=O)[O-])c1)C(=O)OCc1ccccc1. The predicted molar refractivity (Wildman–Crippen MR) is 108 cm³/mol. The van der Waals surface area contributed by atoms with Crippen LogP contribution in [-0.4, -0.2) is 33.7 Å². The summed E-state index contributed by atoms with van der Waals surface area (Å²) in [5.74, 6) is -1.22. The maximum absolute atomic E-state index is 12.6. The number of carbonyl (C=O) groups is 2. The van der Waals surface area contributed by atoms with Crippen molar-refractivity contribution in [3.8, 4) is 5.75 Å². The van der Waals surface area contributed by atoms with Crippen molar-refractivity contribution in [2.24, 2.45) is 0 Å². The molecule has 0 aliphatic rings. The van der Waals surface area contributed by atoms with Crippen molar-refractivity contribution in [2.45, 2.75) is 45.4 Å². The number of amides is 1. The molecule has 0 heterocycles. The molecule has 2 aromatic rings. The summed E-state index contributed by atoms with van der Waals surface area (Å²) in [6, 6.07) is 11.6. The number of aromatic hydroxyl groups is 1. The summed E-state index contributed by atoms with van der Waals surface area (Å²) in [5.41, 5.74) is -0.152. The fraction of sp³-hybridized carbons (Fsp3) is 0.333. The first kappa shape index (κ1) is 22.7. The van der Waals surface area contributed by atoms with Crippen LogP contribution in [0.3, 0.4) is 0 Å². The van der Waals surface area contributed by atoms with E-state index in [-0.39, 0.29) is 13.0 Å². The van der Waals surface area contributed by atoms with Gasteiger partial charge in [0, 0.05) is 12.5 Å². The van der Waals surface area contributed by atoms with Crippen LogP contribution in [0.15, 0.2) is 48.5 Å². The Morgan fingerprint density at radius 2 is 1.80 bits per heavy atom. The summed E-state index contributed by atoms with van der Waals surface area (Å²) in [6.45, 7) is 5.04. The smallest absolute Gasteiger partial charge is 0.408 e. The van der Waals surface area contributed by atoms with E-state index in [9.17, 15) is 24.8 Å². The van der Waals surface area contributed by atoms with Gasteiger partial charge >= 0.3 is 17.7 Å². The number of nitro benzene ring substituents is 1. The average molecular weight is 416 g/mol. The largest absolute Gasteiger partial charge is 0.502 e. The molecule has 1 amide bonds. The minimum Gasteiger partial charge on any atom is -0.502 e. The summed E-state index contributed by atoms with van der Waals surface area (Å²) in [7, 11) is 0. The van der Waals surface area contributed by atoms with Crippen LogP contribution in [0.25, 0.3) is 0 Å². The molecule has 0 radical (unpaired) electrons. The summed E-state index contributed by atoms with van der Waals surface area (Å²) >= 11 is 0. The van der Waals surface area contributed by atoms with Gasteiger partial charge in [-0.05, 0) is 38.0 Å². The van der Waals surface area contributed by atoms with Gasteiger partial charge in [0.1, 0.15) is 18.2 Å². The Kier molecular flexibility index (Phi) is 7.35. The number of nitrogens with zero attached hydrogens (tertiary/aromatic N) is 1. The number of carbonyl (C=O) groups excluding carboxylic acids is 2. The number of rotatable bonds is 7. The lowest BCUT2D eigenvalue weighted by Crippen LogP contribution is -2.45. The summed E-state index contributed by atoms with van der Waals surface area (Å²) in [4.78, 5) is 35.1. The lowest BCUT2D eigenvalue weighted by molar-refractivity contribution is -0.385. The monoisotopic (exact) mass is 416 g/mol. The fourth-order valence-electron chi connectivity index (χ4n) is 2.55. The van der Waals surface area contributed by atoms with Crippen LogP contribution in [0.5, 0.6) is 5.75 Å². The number of hydrogen-bond donors (Lipinski definition) is 2. The lowest BCUT2D eigenvalue weighted by Gasteiger charge is -2.23. The zero-order valence-corrected chi connectivity index (χ0v) is 17.0. The molecule has 0 saturated carbocycles. The molecule has 160 valence electrons. The zero-order valence-electron chi connectivity index (χ0n) is 17.0. The molecule has 0 bridgehead atoms. The fourth-order valence-corrected chi connectivity index (χ4v) is 2.55. The molecule has 2 aromatic carbocycles. The molecule has 9 heteroatoms. The molecular weight excluding hydrogens is 392 g/mol. The van der Waals surface area contributed by atoms with Crippen LogP contribution in [0.2, 0.25) is 0 Å². The highest BCUT2D eigenvalue weighted by Crippen LogP contribution is 2.27. The van der Waals surface area contributed by atoms with Crippen LogP contribution >= 0.6 is 0 Å². The van der Waals surface area contributed by atoms with Crippen LogP contribution < -0.4 is 5.32 Å². The maximum Gasteiger partial charge on any atom is 0.408 e. The maximum atomic E-state index is 12.6. The summed E-state index contributed by atoms with van der Waals surface area (Å²) < 4.78 is 10.5. The molecule has 2 rings (SSSR count). The van der Waals surface area contributed by atoms with Gasteiger partial charge in [0.2, 0.25) is 0 Å². The van der Waals surface area contributed by atoms with Crippen molar-refractivity contribution in [1.29, 1.82) is 0 Å². The quantitative estimate of drug-likeness (QED) is 0.402. The molecule has 0 spiro atoms. The number of ether oxygens (including phenoxy) is 2. The van der Waals surface area contributed by atoms with Gasteiger partial charge in [-0.25, -0.2) is 9.59 Å². The zero-order chi connectivity index (χ0) is 22.3. The van der Waals surface area contributed by atoms with E-state index in [1.165, 1.54) is 6.07 Å². The normalized spacial score (nSPS) is 12.0. The van der Waals surface area contributed by atoms with Gasteiger partial charge in [-0.2, -0.15) is 0 Å². The third-order valence-electron chi connectivity index (χ3n) is 3.88. The van der Waals surface area contributed by atoms with Crippen molar-refractivity contribution >= 4 is 17.7 Å². The number of phenols is 1. The number of alkyl carbamates (subject to hydrolysis) is 1. The molecule has 9 nitrogen and oxygen atoms in total.